The van der Waals surface area contributed by atoms with E-state index in [1.54, 1.807) is 31.3 Å². The van der Waals surface area contributed by atoms with E-state index in [-0.39, 0.29) is 12.2 Å². The van der Waals surface area contributed by atoms with Gasteiger partial charge in [-0.05, 0) is 37.4 Å². The SMILES string of the molecule is COc1ccccc1C(=O)N[C@H]1CN(C)C[C@H]1C(=O)Nc1cccc(S(=O)(=O)C(F)(F)F)c1. The van der Waals surface area contributed by atoms with E-state index in [1.807, 2.05) is 4.90 Å². The number of anilines is 1. The van der Waals surface area contributed by atoms with E-state index in [0.29, 0.717) is 17.9 Å². The van der Waals surface area contributed by atoms with Crippen LogP contribution in [0.25, 0.3) is 0 Å². The van der Waals surface area contributed by atoms with Gasteiger partial charge in [0, 0.05) is 18.8 Å². The van der Waals surface area contributed by atoms with Crippen LogP contribution in [-0.4, -0.2) is 63.9 Å². The largest absolute Gasteiger partial charge is 0.501 e. The highest BCUT2D eigenvalue weighted by Crippen LogP contribution is 2.31. The molecule has 1 fully saturated rings. The zero-order valence-corrected chi connectivity index (χ0v) is 18.5. The minimum Gasteiger partial charge on any atom is -0.496 e. The van der Waals surface area contributed by atoms with E-state index in [1.165, 1.54) is 13.2 Å². The van der Waals surface area contributed by atoms with Crippen molar-refractivity contribution < 1.29 is 35.9 Å². The molecule has 2 N–H and O–H groups in total. The number of carbonyl (C=O) groups excluding carboxylic acids is 2. The van der Waals surface area contributed by atoms with Gasteiger partial charge in [-0.15, -0.1) is 0 Å². The molecular weight excluding hydrogens is 463 g/mol. The number of nitrogens with zero attached hydrogens (tertiary/aromatic N) is 1. The second kappa shape index (κ2) is 9.40. The lowest BCUT2D eigenvalue weighted by Crippen LogP contribution is -2.44. The Hall–Kier alpha value is -3.12. The van der Waals surface area contributed by atoms with Gasteiger partial charge in [-0.1, -0.05) is 18.2 Å². The van der Waals surface area contributed by atoms with E-state index in [4.69, 9.17) is 4.74 Å². The first kappa shape index (κ1) is 24.5. The van der Waals surface area contributed by atoms with Gasteiger partial charge in [-0.2, -0.15) is 13.2 Å². The number of nitrogens with one attached hydrogen (secondary N) is 2. The van der Waals surface area contributed by atoms with Crippen LogP contribution in [0.5, 0.6) is 5.75 Å². The molecule has 0 saturated carbocycles. The Morgan fingerprint density at radius 3 is 2.45 bits per heavy atom. The molecule has 1 aliphatic rings. The standard InChI is InChI=1S/C21H22F3N3O5S/c1-27-11-16(17(12-27)26-19(28)15-8-3-4-9-18(15)32-2)20(29)25-13-6-5-7-14(10-13)33(30,31)21(22,23)24/h3-10,16-17H,11-12H2,1-2H3,(H,25,29)(H,26,28)/t16-,17+/m1/s1. The minimum absolute atomic E-state index is 0.102. The number of carbonyl (C=O) groups is 2. The number of halogens is 3. The van der Waals surface area contributed by atoms with Gasteiger partial charge < -0.3 is 20.3 Å². The van der Waals surface area contributed by atoms with Gasteiger partial charge in [0.1, 0.15) is 5.75 Å². The first-order valence-electron chi connectivity index (χ1n) is 9.78. The maximum atomic E-state index is 12.9. The smallest absolute Gasteiger partial charge is 0.496 e. The Balaban J connectivity index is 1.76. The maximum absolute atomic E-state index is 12.9. The van der Waals surface area contributed by atoms with E-state index in [0.717, 1.165) is 18.2 Å². The van der Waals surface area contributed by atoms with E-state index in [2.05, 4.69) is 10.6 Å². The molecule has 33 heavy (non-hydrogen) atoms. The number of rotatable bonds is 6. The van der Waals surface area contributed by atoms with Crippen LogP contribution in [-0.2, 0) is 14.6 Å². The molecule has 8 nitrogen and oxygen atoms in total. The summed E-state index contributed by atoms with van der Waals surface area (Å²) in [5.41, 5.74) is -5.27. The van der Waals surface area contributed by atoms with Gasteiger partial charge >= 0.3 is 5.51 Å². The molecule has 3 rings (SSSR count). The quantitative estimate of drug-likeness (QED) is 0.651. The zero-order valence-electron chi connectivity index (χ0n) is 17.7. The van der Waals surface area contributed by atoms with E-state index >= 15 is 0 Å². The summed E-state index contributed by atoms with van der Waals surface area (Å²) < 4.78 is 67.0. The lowest BCUT2D eigenvalue weighted by molar-refractivity contribution is -0.119. The molecule has 178 valence electrons. The Labute approximate surface area is 188 Å². The molecule has 2 aromatic carbocycles. The van der Waals surface area contributed by atoms with Crippen LogP contribution in [0.1, 0.15) is 10.4 Å². The molecule has 0 unspecified atom stereocenters. The third kappa shape index (κ3) is 5.28. The number of likely N-dealkylation sites (tertiary alicyclic amines) is 1. The summed E-state index contributed by atoms with van der Waals surface area (Å²) in [5.74, 6) is -1.36. The van der Waals surface area contributed by atoms with Crippen LogP contribution in [0.3, 0.4) is 0 Å². The lowest BCUT2D eigenvalue weighted by atomic mass is 10.0. The summed E-state index contributed by atoms with van der Waals surface area (Å²) in [6.45, 7) is 0.644. The fourth-order valence-corrected chi connectivity index (χ4v) is 4.41. The summed E-state index contributed by atoms with van der Waals surface area (Å²) in [4.78, 5) is 26.5. The molecule has 1 aliphatic heterocycles. The summed E-state index contributed by atoms with van der Waals surface area (Å²) in [6, 6.07) is 9.95. The Kier molecular flexibility index (Phi) is 6.98. The highest BCUT2D eigenvalue weighted by Gasteiger charge is 2.47. The fraction of sp³-hybridized carbons (Fsp3) is 0.333. The first-order valence-corrected chi connectivity index (χ1v) is 11.3. The molecule has 0 bridgehead atoms. The number of para-hydroxylation sites is 1. The van der Waals surface area contributed by atoms with Crippen molar-refractivity contribution in [1.82, 2.24) is 10.2 Å². The van der Waals surface area contributed by atoms with Crippen molar-refractivity contribution in [2.24, 2.45) is 5.92 Å². The molecule has 2 aromatic rings. The predicted molar refractivity (Wildman–Crippen MR) is 114 cm³/mol. The van der Waals surface area contributed by atoms with Gasteiger partial charge in [0.25, 0.3) is 15.7 Å². The monoisotopic (exact) mass is 485 g/mol. The summed E-state index contributed by atoms with van der Waals surface area (Å²) in [6.07, 6.45) is 0. The molecule has 12 heteroatoms. The second-order valence-corrected chi connectivity index (χ2v) is 9.52. The van der Waals surface area contributed by atoms with Gasteiger partial charge in [0.05, 0.1) is 29.5 Å². The van der Waals surface area contributed by atoms with Gasteiger partial charge in [0.15, 0.2) is 0 Å². The number of hydrogen-bond donors (Lipinski definition) is 2. The lowest BCUT2D eigenvalue weighted by Gasteiger charge is -2.20. The third-order valence-corrected chi connectivity index (χ3v) is 6.71. The molecule has 2 atom stereocenters. The van der Waals surface area contributed by atoms with E-state index < -0.39 is 44.0 Å². The van der Waals surface area contributed by atoms with Crippen LogP contribution in [0.2, 0.25) is 0 Å². The van der Waals surface area contributed by atoms with Crippen LogP contribution in [0, 0.1) is 5.92 Å². The van der Waals surface area contributed by atoms with Crippen molar-refractivity contribution in [2.75, 3.05) is 32.6 Å². The highest BCUT2D eigenvalue weighted by molar-refractivity contribution is 7.92. The van der Waals surface area contributed by atoms with Crippen molar-refractivity contribution >= 4 is 27.3 Å². The molecule has 1 saturated heterocycles. The molecule has 2 amide bonds. The third-order valence-electron chi connectivity index (χ3n) is 5.22. The van der Waals surface area contributed by atoms with Crippen LogP contribution in [0.15, 0.2) is 53.4 Å². The predicted octanol–water partition coefficient (Wildman–Crippen LogP) is 2.29. The van der Waals surface area contributed by atoms with Crippen molar-refractivity contribution in [3.8, 4) is 5.75 Å². The molecule has 0 spiro atoms. The van der Waals surface area contributed by atoms with Crippen LogP contribution in [0.4, 0.5) is 18.9 Å². The second-order valence-electron chi connectivity index (χ2n) is 7.57. The fourth-order valence-electron chi connectivity index (χ4n) is 3.60. The number of alkyl halides is 3. The molecule has 1 heterocycles. The van der Waals surface area contributed by atoms with Crippen LogP contribution < -0.4 is 15.4 Å². The number of amides is 2. The number of sulfone groups is 1. The summed E-state index contributed by atoms with van der Waals surface area (Å²) >= 11 is 0. The summed E-state index contributed by atoms with van der Waals surface area (Å²) in [7, 11) is -2.37. The minimum atomic E-state index is -5.55. The van der Waals surface area contributed by atoms with Gasteiger partial charge in [-0.3, -0.25) is 9.59 Å². The number of methoxy groups -OCH3 is 1. The molecule has 0 aromatic heterocycles. The van der Waals surface area contributed by atoms with Gasteiger partial charge in [-0.25, -0.2) is 8.42 Å². The van der Waals surface area contributed by atoms with E-state index in [9.17, 15) is 31.2 Å². The number of benzene rings is 2. The zero-order chi connectivity index (χ0) is 24.4. The first-order chi connectivity index (χ1) is 15.4. The molecule has 0 radical (unpaired) electrons. The van der Waals surface area contributed by atoms with Crippen molar-refractivity contribution in [2.45, 2.75) is 16.4 Å². The van der Waals surface area contributed by atoms with Crippen molar-refractivity contribution in [3.63, 3.8) is 0 Å². The average molecular weight is 485 g/mol. The Bertz CT molecular complexity index is 1150. The Morgan fingerprint density at radius 1 is 1.09 bits per heavy atom. The van der Waals surface area contributed by atoms with Crippen molar-refractivity contribution in [3.05, 3.63) is 54.1 Å². The average Bonchev–Trinajstić information content (AvgIpc) is 3.13. The number of likely N-dealkylation sites (N-methyl/N-ethyl adjacent to an activating group) is 1. The normalized spacial score (nSPS) is 19.2. The molecule has 0 aliphatic carbocycles. The van der Waals surface area contributed by atoms with Gasteiger partial charge in [0.2, 0.25) is 5.91 Å². The topological polar surface area (TPSA) is 105 Å². The highest BCUT2D eigenvalue weighted by atomic mass is 32.2. The van der Waals surface area contributed by atoms with Crippen molar-refractivity contribution in [1.29, 1.82) is 0 Å². The maximum Gasteiger partial charge on any atom is 0.501 e. The molecular formula is C21H22F3N3O5S. The van der Waals surface area contributed by atoms with Crippen LogP contribution >= 0.6 is 0 Å². The number of hydrogen-bond acceptors (Lipinski definition) is 6. The number of ether oxygens (including phenoxy) is 1. The summed E-state index contributed by atoms with van der Waals surface area (Å²) in [5, 5.41) is 5.27. The Morgan fingerprint density at radius 2 is 1.79 bits per heavy atom.